The number of nitrogens with zero attached hydrogens (tertiary/aromatic N) is 3. The van der Waals surface area contributed by atoms with E-state index in [2.05, 4.69) is 25.6 Å². The Kier molecular flexibility index (Phi) is 4.70. The highest BCUT2D eigenvalue weighted by Crippen LogP contribution is 2.08. The van der Waals surface area contributed by atoms with Crippen molar-refractivity contribution in [2.75, 3.05) is 36.2 Å². The van der Waals surface area contributed by atoms with Crippen LogP contribution in [0.1, 0.15) is 0 Å². The molecule has 1 atom stereocenters. The molecule has 0 saturated carbocycles. The van der Waals surface area contributed by atoms with Crippen LogP contribution in [0.2, 0.25) is 5.28 Å². The van der Waals surface area contributed by atoms with Crippen molar-refractivity contribution in [1.82, 2.24) is 15.0 Å². The molecule has 2 N–H and O–H groups in total. The quantitative estimate of drug-likeness (QED) is 0.784. The first-order valence-corrected chi connectivity index (χ1v) is 6.35. The van der Waals surface area contributed by atoms with E-state index in [9.17, 15) is 4.21 Å². The van der Waals surface area contributed by atoms with E-state index in [4.69, 9.17) is 11.6 Å². The Balaban J connectivity index is 2.60. The third-order valence-corrected chi connectivity index (χ3v) is 2.45. The second-order valence-corrected chi connectivity index (χ2v) is 4.60. The summed E-state index contributed by atoms with van der Waals surface area (Å²) < 4.78 is 10.8. The Morgan fingerprint density at radius 3 is 2.60 bits per heavy atom. The van der Waals surface area contributed by atoms with E-state index in [0.29, 0.717) is 24.2 Å². The fourth-order valence-electron chi connectivity index (χ4n) is 0.848. The zero-order chi connectivity index (χ0) is 11.3. The number of rotatable bonds is 5. The fourth-order valence-corrected chi connectivity index (χ4v) is 1.40. The summed E-state index contributed by atoms with van der Waals surface area (Å²) in [6.07, 6.45) is 1.64. The van der Waals surface area contributed by atoms with E-state index < -0.39 is 10.8 Å². The van der Waals surface area contributed by atoms with Crippen molar-refractivity contribution in [3.8, 4) is 0 Å². The Labute approximate surface area is 95.3 Å². The van der Waals surface area contributed by atoms with Crippen LogP contribution >= 0.6 is 11.6 Å². The molecule has 1 heterocycles. The minimum absolute atomic E-state index is 0.120. The molecule has 1 aromatic rings. The van der Waals surface area contributed by atoms with Gasteiger partial charge in [-0.1, -0.05) is 0 Å². The van der Waals surface area contributed by atoms with Crippen LogP contribution in [0.5, 0.6) is 0 Å². The molecule has 84 valence electrons. The van der Waals surface area contributed by atoms with Crippen molar-refractivity contribution >= 4 is 34.3 Å². The van der Waals surface area contributed by atoms with Gasteiger partial charge in [0.1, 0.15) is 0 Å². The number of nitrogens with one attached hydrogen (secondary N) is 2. The van der Waals surface area contributed by atoms with Crippen LogP contribution in [0.25, 0.3) is 0 Å². The van der Waals surface area contributed by atoms with Gasteiger partial charge in [-0.05, 0) is 11.6 Å². The van der Waals surface area contributed by atoms with Gasteiger partial charge in [-0.25, -0.2) is 0 Å². The Morgan fingerprint density at radius 2 is 2.00 bits per heavy atom. The van der Waals surface area contributed by atoms with Gasteiger partial charge in [0.25, 0.3) is 0 Å². The molecule has 0 aliphatic carbocycles. The summed E-state index contributed by atoms with van der Waals surface area (Å²) in [5.41, 5.74) is 0. The Morgan fingerprint density at radius 1 is 1.33 bits per heavy atom. The number of hydrogen-bond acceptors (Lipinski definition) is 6. The molecule has 8 heteroatoms. The SMILES string of the molecule is CNc1nc(Cl)nc(NCCS(C)=O)n1. The lowest BCUT2D eigenvalue weighted by Gasteiger charge is -2.05. The average Bonchev–Trinajstić information content (AvgIpc) is 2.16. The van der Waals surface area contributed by atoms with Gasteiger partial charge in [0.15, 0.2) is 0 Å². The minimum Gasteiger partial charge on any atom is -0.357 e. The van der Waals surface area contributed by atoms with E-state index in [0.717, 1.165) is 0 Å². The van der Waals surface area contributed by atoms with Crippen molar-refractivity contribution in [2.24, 2.45) is 0 Å². The van der Waals surface area contributed by atoms with E-state index in [1.165, 1.54) is 0 Å². The summed E-state index contributed by atoms with van der Waals surface area (Å²) in [5, 5.41) is 5.79. The van der Waals surface area contributed by atoms with Gasteiger partial charge in [0.05, 0.1) is 0 Å². The highest BCUT2D eigenvalue weighted by atomic mass is 35.5. The lowest BCUT2D eigenvalue weighted by Crippen LogP contribution is -2.13. The first kappa shape index (κ1) is 12.1. The van der Waals surface area contributed by atoms with Crippen molar-refractivity contribution in [3.05, 3.63) is 5.28 Å². The predicted octanol–water partition coefficient (Wildman–Crippen LogP) is 0.357. The van der Waals surface area contributed by atoms with Gasteiger partial charge in [0, 0.05) is 36.4 Å². The average molecular weight is 250 g/mol. The number of anilines is 2. The van der Waals surface area contributed by atoms with Crippen LogP contribution in [0.4, 0.5) is 11.9 Å². The first-order valence-electron chi connectivity index (χ1n) is 4.25. The summed E-state index contributed by atoms with van der Waals surface area (Å²) in [7, 11) is 0.857. The molecule has 0 aromatic carbocycles. The lowest BCUT2D eigenvalue weighted by molar-refractivity contribution is 0.687. The van der Waals surface area contributed by atoms with Gasteiger partial charge < -0.3 is 10.6 Å². The van der Waals surface area contributed by atoms with Crippen molar-refractivity contribution in [3.63, 3.8) is 0 Å². The maximum absolute atomic E-state index is 10.8. The molecule has 0 aliphatic heterocycles. The molecule has 15 heavy (non-hydrogen) atoms. The number of halogens is 1. The van der Waals surface area contributed by atoms with Crippen LogP contribution in [0, 0.1) is 0 Å². The molecular formula is C7H12ClN5OS. The zero-order valence-corrected chi connectivity index (χ0v) is 10.0. The third kappa shape index (κ3) is 4.39. The van der Waals surface area contributed by atoms with Crippen molar-refractivity contribution in [1.29, 1.82) is 0 Å². The summed E-state index contributed by atoms with van der Waals surface area (Å²) >= 11 is 5.67. The normalized spacial score (nSPS) is 12.2. The smallest absolute Gasteiger partial charge is 0.228 e. The van der Waals surface area contributed by atoms with Crippen molar-refractivity contribution < 1.29 is 4.21 Å². The van der Waals surface area contributed by atoms with Gasteiger partial charge in [-0.2, -0.15) is 15.0 Å². The Bertz CT molecular complexity index is 361. The third-order valence-electron chi connectivity index (χ3n) is 1.50. The van der Waals surface area contributed by atoms with Gasteiger partial charge in [-0.3, -0.25) is 4.21 Å². The van der Waals surface area contributed by atoms with E-state index in [1.54, 1.807) is 13.3 Å². The molecular weight excluding hydrogens is 238 g/mol. The largest absolute Gasteiger partial charge is 0.357 e. The first-order chi connectivity index (χ1) is 7.11. The minimum atomic E-state index is -0.834. The van der Waals surface area contributed by atoms with Gasteiger partial charge in [0.2, 0.25) is 17.2 Å². The molecule has 0 aliphatic rings. The van der Waals surface area contributed by atoms with Crippen LogP contribution in [0.3, 0.4) is 0 Å². The maximum Gasteiger partial charge on any atom is 0.228 e. The van der Waals surface area contributed by atoms with Gasteiger partial charge >= 0.3 is 0 Å². The second kappa shape index (κ2) is 5.82. The molecule has 0 spiro atoms. The lowest BCUT2D eigenvalue weighted by atomic mass is 10.7. The molecule has 1 unspecified atom stereocenters. The molecule has 1 aromatic heterocycles. The number of hydrogen-bond donors (Lipinski definition) is 2. The monoisotopic (exact) mass is 249 g/mol. The highest BCUT2D eigenvalue weighted by molar-refractivity contribution is 7.84. The van der Waals surface area contributed by atoms with E-state index >= 15 is 0 Å². The number of aromatic nitrogens is 3. The standard InChI is InChI=1S/C7H12ClN5OS/c1-9-6-11-5(8)12-7(13-6)10-3-4-15(2)14/h3-4H2,1-2H3,(H2,9,10,11,12,13). The fraction of sp³-hybridized carbons (Fsp3) is 0.571. The van der Waals surface area contributed by atoms with Crippen LogP contribution < -0.4 is 10.6 Å². The Hall–Kier alpha value is -0.950. The summed E-state index contributed by atoms with van der Waals surface area (Å²) in [5.74, 6) is 1.32. The molecule has 0 saturated heterocycles. The summed E-state index contributed by atoms with van der Waals surface area (Å²) in [4.78, 5) is 11.7. The van der Waals surface area contributed by atoms with Crippen LogP contribution in [-0.4, -0.2) is 44.8 Å². The van der Waals surface area contributed by atoms with E-state index in [-0.39, 0.29) is 5.28 Å². The summed E-state index contributed by atoms with van der Waals surface area (Å²) in [6, 6.07) is 0. The molecule has 0 radical (unpaired) electrons. The predicted molar refractivity (Wildman–Crippen MR) is 61.8 cm³/mol. The highest BCUT2D eigenvalue weighted by Gasteiger charge is 2.02. The summed E-state index contributed by atoms with van der Waals surface area (Å²) in [6.45, 7) is 0.534. The molecule has 0 fully saturated rings. The van der Waals surface area contributed by atoms with Crippen molar-refractivity contribution in [2.45, 2.75) is 0 Å². The van der Waals surface area contributed by atoms with E-state index in [1.807, 2.05) is 0 Å². The zero-order valence-electron chi connectivity index (χ0n) is 8.45. The topological polar surface area (TPSA) is 79.8 Å². The van der Waals surface area contributed by atoms with Gasteiger partial charge in [-0.15, -0.1) is 0 Å². The maximum atomic E-state index is 10.8. The molecule has 6 nitrogen and oxygen atoms in total. The second-order valence-electron chi connectivity index (χ2n) is 2.71. The molecule has 0 amide bonds. The van der Waals surface area contributed by atoms with Crippen LogP contribution in [-0.2, 0) is 10.8 Å². The molecule has 0 bridgehead atoms. The van der Waals surface area contributed by atoms with Crippen LogP contribution in [0.15, 0.2) is 0 Å². The molecule has 1 rings (SSSR count).